The average Bonchev–Trinajstić information content (AvgIpc) is 2.41. The third-order valence-corrected chi connectivity index (χ3v) is 2.88. The third-order valence-electron chi connectivity index (χ3n) is 2.88. The molecule has 3 N–H and O–H groups in total. The molecule has 7 heteroatoms. The molecule has 0 saturated carbocycles. The van der Waals surface area contributed by atoms with Crippen LogP contribution in [0.5, 0.6) is 0 Å². The molecule has 0 saturated heterocycles. The molecule has 0 bridgehead atoms. The van der Waals surface area contributed by atoms with Gasteiger partial charge in [-0.25, -0.2) is 8.78 Å². The third kappa shape index (κ3) is 4.27. The Morgan fingerprint density at radius 3 is 2.40 bits per heavy atom. The number of aliphatic hydroxyl groups excluding tert-OH is 1. The molecule has 0 aliphatic rings. The summed E-state index contributed by atoms with van der Waals surface area (Å²) in [6.07, 6.45) is 0. The number of aliphatic hydroxyl groups is 1. The van der Waals surface area contributed by atoms with E-state index in [2.05, 4.69) is 10.6 Å². The summed E-state index contributed by atoms with van der Waals surface area (Å²) in [7, 11) is 0. The number of benzene rings is 1. The standard InChI is InChI=1S/C13H16F2N2O3/c1-7(6-18)8(2)16-12(19)13(20)17-9-3-4-10(14)11(15)5-9/h3-5,7-8,18H,6H2,1-2H3,(H,16,19)(H,17,20). The SMILES string of the molecule is CC(CO)C(C)NC(=O)C(=O)Nc1ccc(F)c(F)c1. The van der Waals surface area contributed by atoms with Crippen LogP contribution in [0.2, 0.25) is 0 Å². The van der Waals surface area contributed by atoms with Crippen LogP contribution in [-0.2, 0) is 9.59 Å². The number of nitrogens with one attached hydrogen (secondary N) is 2. The van der Waals surface area contributed by atoms with E-state index in [-0.39, 0.29) is 18.2 Å². The van der Waals surface area contributed by atoms with Gasteiger partial charge < -0.3 is 15.7 Å². The minimum absolute atomic E-state index is 0.0214. The number of rotatable bonds is 4. The smallest absolute Gasteiger partial charge is 0.313 e. The Morgan fingerprint density at radius 1 is 1.20 bits per heavy atom. The molecule has 2 unspecified atom stereocenters. The summed E-state index contributed by atoms with van der Waals surface area (Å²) in [5, 5.41) is 13.5. The fourth-order valence-electron chi connectivity index (χ4n) is 1.33. The maximum atomic E-state index is 12.9. The van der Waals surface area contributed by atoms with Gasteiger partial charge in [-0.15, -0.1) is 0 Å². The lowest BCUT2D eigenvalue weighted by molar-refractivity contribution is -0.136. The summed E-state index contributed by atoms with van der Waals surface area (Å²) in [6.45, 7) is 3.22. The summed E-state index contributed by atoms with van der Waals surface area (Å²) in [5.41, 5.74) is -0.0214. The second kappa shape index (κ2) is 6.95. The van der Waals surface area contributed by atoms with Crippen LogP contribution < -0.4 is 10.6 Å². The molecule has 5 nitrogen and oxygen atoms in total. The molecule has 20 heavy (non-hydrogen) atoms. The normalized spacial score (nSPS) is 13.4. The van der Waals surface area contributed by atoms with Gasteiger partial charge in [0.05, 0.1) is 0 Å². The van der Waals surface area contributed by atoms with E-state index in [9.17, 15) is 18.4 Å². The molecule has 0 aliphatic heterocycles. The summed E-state index contributed by atoms with van der Waals surface area (Å²) < 4.78 is 25.6. The minimum Gasteiger partial charge on any atom is -0.396 e. The van der Waals surface area contributed by atoms with Gasteiger partial charge in [0.2, 0.25) is 0 Å². The van der Waals surface area contributed by atoms with Gasteiger partial charge in [-0.05, 0) is 25.0 Å². The minimum atomic E-state index is -1.12. The van der Waals surface area contributed by atoms with Crippen LogP contribution in [0.3, 0.4) is 0 Å². The summed E-state index contributed by atoms with van der Waals surface area (Å²) >= 11 is 0. The fourth-order valence-corrected chi connectivity index (χ4v) is 1.33. The van der Waals surface area contributed by atoms with E-state index in [1.54, 1.807) is 13.8 Å². The second-order valence-corrected chi connectivity index (χ2v) is 4.51. The molecule has 2 atom stereocenters. The monoisotopic (exact) mass is 286 g/mol. The predicted octanol–water partition coefficient (Wildman–Crippen LogP) is 1.04. The van der Waals surface area contributed by atoms with E-state index in [0.717, 1.165) is 18.2 Å². The number of carbonyl (C=O) groups is 2. The van der Waals surface area contributed by atoms with Crippen molar-refractivity contribution in [1.29, 1.82) is 0 Å². The highest BCUT2D eigenvalue weighted by atomic mass is 19.2. The zero-order chi connectivity index (χ0) is 15.3. The predicted molar refractivity (Wildman–Crippen MR) is 68.8 cm³/mol. The maximum Gasteiger partial charge on any atom is 0.313 e. The van der Waals surface area contributed by atoms with Gasteiger partial charge in [0.1, 0.15) is 0 Å². The first kappa shape index (κ1) is 16.0. The van der Waals surface area contributed by atoms with Crippen molar-refractivity contribution in [3.05, 3.63) is 29.8 Å². The van der Waals surface area contributed by atoms with E-state index < -0.39 is 29.5 Å². The van der Waals surface area contributed by atoms with Crippen LogP contribution in [0.15, 0.2) is 18.2 Å². The quantitative estimate of drug-likeness (QED) is 0.724. The zero-order valence-electron chi connectivity index (χ0n) is 11.1. The van der Waals surface area contributed by atoms with Crippen LogP contribution in [0.1, 0.15) is 13.8 Å². The van der Waals surface area contributed by atoms with Crippen molar-refractivity contribution in [3.8, 4) is 0 Å². The van der Waals surface area contributed by atoms with Crippen molar-refractivity contribution in [2.45, 2.75) is 19.9 Å². The highest BCUT2D eigenvalue weighted by Gasteiger charge is 2.19. The second-order valence-electron chi connectivity index (χ2n) is 4.51. The van der Waals surface area contributed by atoms with E-state index in [4.69, 9.17) is 5.11 Å². The summed E-state index contributed by atoms with van der Waals surface area (Å²) in [4.78, 5) is 23.1. The van der Waals surface area contributed by atoms with E-state index >= 15 is 0 Å². The first-order valence-corrected chi connectivity index (χ1v) is 6.03. The average molecular weight is 286 g/mol. The number of hydrogen-bond acceptors (Lipinski definition) is 3. The largest absolute Gasteiger partial charge is 0.396 e. The Labute approximate surface area is 115 Å². The van der Waals surface area contributed by atoms with Crippen LogP contribution in [-0.4, -0.2) is 29.6 Å². The molecule has 110 valence electrons. The number of hydrogen-bond donors (Lipinski definition) is 3. The van der Waals surface area contributed by atoms with Crippen molar-refractivity contribution in [2.24, 2.45) is 5.92 Å². The number of anilines is 1. The molecule has 1 aromatic rings. The van der Waals surface area contributed by atoms with Gasteiger partial charge >= 0.3 is 11.8 Å². The molecular formula is C13H16F2N2O3. The Balaban J connectivity index is 2.62. The molecule has 1 rings (SSSR count). The van der Waals surface area contributed by atoms with Crippen LogP contribution in [0, 0.1) is 17.6 Å². The lowest BCUT2D eigenvalue weighted by atomic mass is 10.1. The zero-order valence-corrected chi connectivity index (χ0v) is 11.1. The summed E-state index contributed by atoms with van der Waals surface area (Å²) in [5.74, 6) is -4.28. The Hall–Kier alpha value is -2.02. The van der Waals surface area contributed by atoms with Crippen molar-refractivity contribution in [2.75, 3.05) is 11.9 Å². The number of halogens is 2. The molecule has 0 fully saturated rings. The lowest BCUT2D eigenvalue weighted by Crippen LogP contribution is -2.44. The summed E-state index contributed by atoms with van der Waals surface area (Å²) in [6, 6.07) is 2.37. The van der Waals surface area contributed by atoms with E-state index in [1.165, 1.54) is 0 Å². The molecule has 0 spiro atoms. The highest BCUT2D eigenvalue weighted by Crippen LogP contribution is 2.12. The van der Waals surface area contributed by atoms with E-state index in [1.807, 2.05) is 0 Å². The van der Waals surface area contributed by atoms with Gasteiger partial charge in [0.15, 0.2) is 11.6 Å². The van der Waals surface area contributed by atoms with Crippen LogP contribution >= 0.6 is 0 Å². The van der Waals surface area contributed by atoms with Crippen molar-refractivity contribution in [3.63, 3.8) is 0 Å². The number of carbonyl (C=O) groups excluding carboxylic acids is 2. The molecule has 2 amide bonds. The van der Waals surface area contributed by atoms with Gasteiger partial charge in [-0.1, -0.05) is 6.92 Å². The number of amides is 2. The van der Waals surface area contributed by atoms with Crippen LogP contribution in [0.4, 0.5) is 14.5 Å². The molecule has 0 aliphatic carbocycles. The van der Waals surface area contributed by atoms with Crippen molar-refractivity contribution >= 4 is 17.5 Å². The molecule has 0 aromatic heterocycles. The van der Waals surface area contributed by atoms with Gasteiger partial charge in [-0.3, -0.25) is 9.59 Å². The van der Waals surface area contributed by atoms with Crippen molar-refractivity contribution in [1.82, 2.24) is 5.32 Å². The lowest BCUT2D eigenvalue weighted by Gasteiger charge is -2.18. The molecular weight excluding hydrogens is 270 g/mol. The Bertz CT molecular complexity index is 508. The molecule has 0 heterocycles. The topological polar surface area (TPSA) is 78.4 Å². The Kier molecular flexibility index (Phi) is 5.57. The van der Waals surface area contributed by atoms with E-state index in [0.29, 0.717) is 0 Å². The van der Waals surface area contributed by atoms with Gasteiger partial charge in [-0.2, -0.15) is 0 Å². The fraction of sp³-hybridized carbons (Fsp3) is 0.385. The molecule has 1 aromatic carbocycles. The van der Waals surface area contributed by atoms with Crippen molar-refractivity contribution < 1.29 is 23.5 Å². The highest BCUT2D eigenvalue weighted by molar-refractivity contribution is 6.39. The first-order chi connectivity index (χ1) is 9.35. The first-order valence-electron chi connectivity index (χ1n) is 6.03. The maximum absolute atomic E-state index is 12.9. The van der Waals surface area contributed by atoms with Crippen LogP contribution in [0.25, 0.3) is 0 Å². The van der Waals surface area contributed by atoms with Gasteiger partial charge in [0.25, 0.3) is 0 Å². The Morgan fingerprint density at radius 2 is 1.85 bits per heavy atom. The molecule has 0 radical (unpaired) electrons. The van der Waals surface area contributed by atoms with Gasteiger partial charge in [0, 0.05) is 24.4 Å².